The molecule has 0 bridgehead atoms. The molecular formula is C11H20N2O2S2. The van der Waals surface area contributed by atoms with Gasteiger partial charge in [0.2, 0.25) is 11.8 Å². The highest BCUT2D eigenvalue weighted by Gasteiger charge is 2.27. The van der Waals surface area contributed by atoms with Gasteiger partial charge < -0.3 is 10.6 Å². The molecule has 1 aliphatic rings. The average molecular weight is 276 g/mol. The molecule has 98 valence electrons. The van der Waals surface area contributed by atoms with Crippen molar-refractivity contribution in [3.8, 4) is 0 Å². The molecular weight excluding hydrogens is 256 g/mol. The van der Waals surface area contributed by atoms with Crippen molar-refractivity contribution in [2.24, 2.45) is 0 Å². The van der Waals surface area contributed by atoms with E-state index in [1.807, 2.05) is 11.8 Å². The van der Waals surface area contributed by atoms with Gasteiger partial charge in [-0.05, 0) is 25.5 Å². The van der Waals surface area contributed by atoms with Crippen LogP contribution in [0.4, 0.5) is 0 Å². The van der Waals surface area contributed by atoms with E-state index in [0.717, 1.165) is 19.3 Å². The molecule has 1 rings (SSSR count). The Hall–Kier alpha value is -0.360. The van der Waals surface area contributed by atoms with E-state index < -0.39 is 6.04 Å². The smallest absolute Gasteiger partial charge is 0.243 e. The van der Waals surface area contributed by atoms with Gasteiger partial charge >= 0.3 is 0 Å². The lowest BCUT2D eigenvalue weighted by atomic mass is 10.2. The Bertz CT molecular complexity index is 287. The minimum atomic E-state index is -0.524. The second kappa shape index (κ2) is 7.16. The zero-order valence-corrected chi connectivity index (χ0v) is 11.9. The molecule has 1 aliphatic carbocycles. The second-order valence-corrected chi connectivity index (χ2v) is 5.82. The minimum absolute atomic E-state index is 0.123. The highest BCUT2D eigenvalue weighted by Crippen LogP contribution is 2.28. The molecule has 0 aromatic carbocycles. The molecule has 3 unspecified atom stereocenters. The Labute approximate surface area is 112 Å². The maximum absolute atomic E-state index is 11.9. The van der Waals surface area contributed by atoms with E-state index in [2.05, 4.69) is 29.5 Å². The van der Waals surface area contributed by atoms with E-state index in [9.17, 15) is 9.59 Å². The van der Waals surface area contributed by atoms with Crippen LogP contribution in [0.5, 0.6) is 0 Å². The summed E-state index contributed by atoms with van der Waals surface area (Å²) in [6, 6.07) is -0.278. The van der Waals surface area contributed by atoms with Crippen LogP contribution in [0.2, 0.25) is 0 Å². The summed E-state index contributed by atoms with van der Waals surface area (Å²) in [7, 11) is 0. The maximum atomic E-state index is 11.9. The summed E-state index contributed by atoms with van der Waals surface area (Å²) in [4.78, 5) is 22.8. The van der Waals surface area contributed by atoms with Gasteiger partial charge in [-0.1, -0.05) is 0 Å². The Morgan fingerprint density at radius 3 is 2.65 bits per heavy atom. The van der Waals surface area contributed by atoms with E-state index in [0.29, 0.717) is 11.0 Å². The summed E-state index contributed by atoms with van der Waals surface area (Å²) in [6.45, 7) is 1.41. The van der Waals surface area contributed by atoms with E-state index in [1.54, 1.807) is 0 Å². The third-order valence-corrected chi connectivity index (χ3v) is 4.40. The molecule has 0 saturated heterocycles. The molecule has 0 aliphatic heterocycles. The van der Waals surface area contributed by atoms with Crippen molar-refractivity contribution in [2.75, 3.05) is 12.0 Å². The molecule has 17 heavy (non-hydrogen) atoms. The lowest BCUT2D eigenvalue weighted by molar-refractivity contribution is -0.127. The van der Waals surface area contributed by atoms with Crippen LogP contribution in [0.1, 0.15) is 26.2 Å². The molecule has 0 radical (unpaired) electrons. The number of carbonyl (C=O) groups excluding carboxylic acids is 2. The minimum Gasteiger partial charge on any atom is -0.352 e. The third kappa shape index (κ3) is 4.79. The predicted octanol–water partition coefficient (Wildman–Crippen LogP) is 0.821. The number of hydrogen-bond acceptors (Lipinski definition) is 4. The lowest BCUT2D eigenvalue weighted by Gasteiger charge is -2.19. The first-order chi connectivity index (χ1) is 8.06. The molecule has 2 N–H and O–H groups in total. The Kier molecular flexibility index (Phi) is 6.19. The molecule has 0 heterocycles. The first-order valence-corrected chi connectivity index (χ1v) is 7.70. The predicted molar refractivity (Wildman–Crippen MR) is 74.5 cm³/mol. The van der Waals surface area contributed by atoms with Crippen LogP contribution >= 0.6 is 24.4 Å². The summed E-state index contributed by atoms with van der Waals surface area (Å²) >= 11 is 5.93. The van der Waals surface area contributed by atoms with Crippen molar-refractivity contribution in [1.82, 2.24) is 10.6 Å². The lowest BCUT2D eigenvalue weighted by Crippen LogP contribution is -2.49. The van der Waals surface area contributed by atoms with Crippen molar-refractivity contribution >= 4 is 36.2 Å². The fourth-order valence-corrected chi connectivity index (χ4v) is 3.08. The van der Waals surface area contributed by atoms with Crippen LogP contribution in [0.3, 0.4) is 0 Å². The summed E-state index contributed by atoms with van der Waals surface area (Å²) in [5.74, 6) is -0.000975. The van der Waals surface area contributed by atoms with Gasteiger partial charge in [-0.25, -0.2) is 0 Å². The Morgan fingerprint density at radius 1 is 1.47 bits per heavy atom. The number of rotatable bonds is 5. The number of nitrogens with one attached hydrogen (secondary N) is 2. The molecule has 4 nitrogen and oxygen atoms in total. The van der Waals surface area contributed by atoms with E-state index in [-0.39, 0.29) is 17.9 Å². The Morgan fingerprint density at radius 2 is 2.18 bits per heavy atom. The normalized spacial score (nSPS) is 25.4. The van der Waals surface area contributed by atoms with Crippen LogP contribution in [0.25, 0.3) is 0 Å². The molecule has 0 aromatic rings. The van der Waals surface area contributed by atoms with Crippen molar-refractivity contribution < 1.29 is 9.59 Å². The van der Waals surface area contributed by atoms with Gasteiger partial charge in [0.05, 0.1) is 0 Å². The number of hydrogen-bond donors (Lipinski definition) is 3. The van der Waals surface area contributed by atoms with Gasteiger partial charge in [-0.15, -0.1) is 0 Å². The molecule has 3 atom stereocenters. The van der Waals surface area contributed by atoms with Gasteiger partial charge in [0, 0.05) is 24.0 Å². The Balaban J connectivity index is 2.39. The number of amides is 2. The molecule has 2 amide bonds. The summed E-state index contributed by atoms with van der Waals surface area (Å²) in [5, 5.41) is 6.23. The van der Waals surface area contributed by atoms with Crippen LogP contribution in [-0.2, 0) is 9.59 Å². The SMILES string of the molecule is CSC1CCC(NC(=O)C(CS)NC(C)=O)C1. The first kappa shape index (κ1) is 14.7. The van der Waals surface area contributed by atoms with Crippen molar-refractivity contribution in [1.29, 1.82) is 0 Å². The van der Waals surface area contributed by atoms with Crippen LogP contribution in [0, 0.1) is 0 Å². The number of carbonyl (C=O) groups is 2. The molecule has 0 spiro atoms. The van der Waals surface area contributed by atoms with Gasteiger partial charge in [0.25, 0.3) is 0 Å². The highest BCUT2D eigenvalue weighted by atomic mass is 32.2. The average Bonchev–Trinajstić information content (AvgIpc) is 2.73. The largest absolute Gasteiger partial charge is 0.352 e. The molecule has 1 saturated carbocycles. The topological polar surface area (TPSA) is 58.2 Å². The van der Waals surface area contributed by atoms with Gasteiger partial charge in [0.15, 0.2) is 0 Å². The summed E-state index contributed by atoms with van der Waals surface area (Å²) < 4.78 is 0. The van der Waals surface area contributed by atoms with E-state index in [1.165, 1.54) is 6.92 Å². The summed E-state index contributed by atoms with van der Waals surface area (Å²) in [6.07, 6.45) is 5.30. The van der Waals surface area contributed by atoms with Crippen molar-refractivity contribution in [2.45, 2.75) is 43.5 Å². The van der Waals surface area contributed by atoms with Crippen molar-refractivity contribution in [3.63, 3.8) is 0 Å². The number of thioether (sulfide) groups is 1. The fourth-order valence-electron chi connectivity index (χ4n) is 2.03. The van der Waals surface area contributed by atoms with Crippen LogP contribution < -0.4 is 10.6 Å². The van der Waals surface area contributed by atoms with Gasteiger partial charge in [-0.2, -0.15) is 24.4 Å². The van der Waals surface area contributed by atoms with E-state index >= 15 is 0 Å². The maximum Gasteiger partial charge on any atom is 0.243 e. The van der Waals surface area contributed by atoms with Crippen molar-refractivity contribution in [3.05, 3.63) is 0 Å². The first-order valence-electron chi connectivity index (χ1n) is 5.78. The molecule has 0 aromatic heterocycles. The zero-order chi connectivity index (χ0) is 12.8. The number of thiol groups is 1. The molecule has 6 heteroatoms. The standard InChI is InChI=1S/C11H20N2O2S2/c1-7(14)12-10(6-16)11(15)13-8-3-4-9(5-8)17-2/h8-10,16H,3-6H2,1-2H3,(H,12,14)(H,13,15). The third-order valence-electron chi connectivity index (χ3n) is 2.94. The van der Waals surface area contributed by atoms with Gasteiger partial charge in [-0.3, -0.25) is 9.59 Å². The van der Waals surface area contributed by atoms with Crippen LogP contribution in [0.15, 0.2) is 0 Å². The monoisotopic (exact) mass is 276 g/mol. The second-order valence-electron chi connectivity index (χ2n) is 4.31. The zero-order valence-electron chi connectivity index (χ0n) is 10.2. The van der Waals surface area contributed by atoms with Crippen LogP contribution in [-0.4, -0.2) is 41.2 Å². The van der Waals surface area contributed by atoms with E-state index in [4.69, 9.17) is 0 Å². The van der Waals surface area contributed by atoms with Gasteiger partial charge in [0.1, 0.15) is 6.04 Å². The summed E-state index contributed by atoms with van der Waals surface area (Å²) in [5.41, 5.74) is 0. The molecule has 1 fully saturated rings. The fraction of sp³-hybridized carbons (Fsp3) is 0.818. The quantitative estimate of drug-likeness (QED) is 0.652. The highest BCUT2D eigenvalue weighted by molar-refractivity contribution is 7.99.